The molecule has 0 radical (unpaired) electrons. The smallest absolute Gasteiger partial charge is 0.313 e. The van der Waals surface area contributed by atoms with Crippen LogP contribution in [0.3, 0.4) is 0 Å². The fourth-order valence-electron chi connectivity index (χ4n) is 9.24. The van der Waals surface area contributed by atoms with Crippen LogP contribution in [-0.2, 0) is 59.4 Å². The van der Waals surface area contributed by atoms with Crippen LogP contribution in [-0.4, -0.2) is 187 Å². The lowest BCUT2D eigenvalue weighted by Crippen LogP contribution is -2.56. The lowest BCUT2D eigenvalue weighted by Gasteiger charge is -2.40. The van der Waals surface area contributed by atoms with Crippen LogP contribution in [0.15, 0.2) is 35.3 Å². The Kier molecular flexibility index (Phi) is 27.0. The standard InChI is InChI=1S/C53H79F5N8O12S/c1-13-32(4)47(65(10)52(72)46(31(2)3)61-53(63(6)7)64(8)9)37(75-11)30-39(68)66-25-17-21-36(66)48(76-12)33(5)50(70)60-35(29-34-19-15-14-16-20-34)51(71)62-79(73,74)28-18-24-59-38(67)22-26-77-27-23-40(69)78-49-44(57)42(55)41(54)43(56)45(49)58/h14-16,19-20,31-33,35-37,46-48H,13,17-18,21-30H2,1-12H3,(H,59,67)(H,60,70)(H,62,71)/t32-,33+,35-,36-,37+,46-,47-,48+/m0/s1. The highest BCUT2D eigenvalue weighted by molar-refractivity contribution is 7.90. The van der Waals surface area contributed by atoms with Crippen molar-refractivity contribution in [2.45, 2.75) is 122 Å². The van der Waals surface area contributed by atoms with Crippen molar-refractivity contribution in [1.29, 1.82) is 0 Å². The number of ether oxygens (including phenoxy) is 4. The van der Waals surface area contributed by atoms with Crippen molar-refractivity contribution in [3.63, 3.8) is 0 Å². The molecule has 1 saturated heterocycles. The number of nitrogens with zero attached hydrogens (tertiary/aromatic N) is 5. The molecule has 20 nitrogen and oxygen atoms in total. The molecule has 1 fully saturated rings. The maximum absolute atomic E-state index is 14.4. The monoisotopic (exact) mass is 1150 g/mol. The highest BCUT2D eigenvalue weighted by Gasteiger charge is 2.43. The third-order valence-electron chi connectivity index (χ3n) is 13.6. The number of rotatable bonds is 30. The molecule has 3 rings (SSSR count). The van der Waals surface area contributed by atoms with Crippen molar-refractivity contribution >= 4 is 51.5 Å². The summed E-state index contributed by atoms with van der Waals surface area (Å²) in [6, 6.07) is 5.39. The van der Waals surface area contributed by atoms with Gasteiger partial charge in [0.05, 0.1) is 62.0 Å². The predicted octanol–water partition coefficient (Wildman–Crippen LogP) is 4.19. The van der Waals surface area contributed by atoms with E-state index in [0.717, 1.165) is 0 Å². The fourth-order valence-corrected chi connectivity index (χ4v) is 10.3. The third kappa shape index (κ3) is 19.4. The number of carbonyl (C=O) groups excluding carboxylic acids is 6. The van der Waals surface area contributed by atoms with Crippen molar-refractivity contribution in [3.8, 4) is 5.75 Å². The predicted molar refractivity (Wildman–Crippen MR) is 283 cm³/mol. The summed E-state index contributed by atoms with van der Waals surface area (Å²) in [5, 5.41) is 5.18. The minimum absolute atomic E-state index is 0.0827. The molecule has 0 aliphatic carbocycles. The number of hydrogen-bond donors (Lipinski definition) is 3. The van der Waals surface area contributed by atoms with Gasteiger partial charge in [0, 0.05) is 75.4 Å². The topological polar surface area (TPSA) is 235 Å². The summed E-state index contributed by atoms with van der Waals surface area (Å²) in [6.45, 7) is 8.93. The van der Waals surface area contributed by atoms with Gasteiger partial charge in [-0.2, -0.15) is 8.78 Å². The number of esters is 1. The number of benzene rings is 2. The number of carbonyl (C=O) groups is 6. The summed E-state index contributed by atoms with van der Waals surface area (Å²) >= 11 is 0. The molecule has 0 unspecified atom stereocenters. The number of hydrogen-bond acceptors (Lipinski definition) is 13. The largest absolute Gasteiger partial charge is 0.420 e. The Labute approximate surface area is 460 Å². The Morgan fingerprint density at radius 3 is 1.97 bits per heavy atom. The Morgan fingerprint density at radius 1 is 0.823 bits per heavy atom. The Balaban J connectivity index is 1.63. The van der Waals surface area contributed by atoms with Gasteiger partial charge in [0.2, 0.25) is 68.5 Å². The zero-order valence-corrected chi connectivity index (χ0v) is 48.0. The second-order valence-corrected chi connectivity index (χ2v) is 22.1. The number of likely N-dealkylation sites (tertiary alicyclic amines) is 1. The lowest BCUT2D eigenvalue weighted by molar-refractivity contribution is -0.146. The van der Waals surface area contributed by atoms with Crippen LogP contribution in [0.25, 0.3) is 0 Å². The number of methoxy groups -OCH3 is 2. The van der Waals surface area contributed by atoms with E-state index in [1.54, 1.807) is 54.1 Å². The molecule has 1 heterocycles. The molecule has 2 aromatic carbocycles. The molecule has 8 atom stereocenters. The maximum Gasteiger partial charge on any atom is 0.313 e. The van der Waals surface area contributed by atoms with Gasteiger partial charge in [0.15, 0.2) is 5.96 Å². The van der Waals surface area contributed by atoms with Gasteiger partial charge in [-0.05, 0) is 36.7 Å². The highest BCUT2D eigenvalue weighted by Crippen LogP contribution is 2.31. The Hall–Kier alpha value is -5.99. The third-order valence-corrected chi connectivity index (χ3v) is 14.9. The van der Waals surface area contributed by atoms with Crippen LogP contribution >= 0.6 is 0 Å². The number of guanidine groups is 1. The van der Waals surface area contributed by atoms with Crippen LogP contribution in [0.5, 0.6) is 5.75 Å². The van der Waals surface area contributed by atoms with E-state index in [2.05, 4.69) is 15.4 Å². The van der Waals surface area contributed by atoms with Crippen LogP contribution in [0, 0.1) is 46.8 Å². The minimum atomic E-state index is -4.33. The molecular weight excluding hydrogens is 1070 g/mol. The quantitative estimate of drug-likeness (QED) is 0.0146. The summed E-state index contributed by atoms with van der Waals surface area (Å²) in [4.78, 5) is 92.9. The van der Waals surface area contributed by atoms with Gasteiger partial charge in [-0.1, -0.05) is 71.4 Å². The molecular formula is C53H79F5N8O12S. The van der Waals surface area contributed by atoms with E-state index in [1.165, 1.54) is 14.2 Å². The Morgan fingerprint density at radius 2 is 1.42 bits per heavy atom. The van der Waals surface area contributed by atoms with Gasteiger partial charge in [-0.3, -0.25) is 33.5 Å². The number of likely N-dealkylation sites (N-methyl/N-ethyl adjacent to an activating group) is 1. The number of nitrogens with one attached hydrogen (secondary N) is 3. The van der Waals surface area contributed by atoms with Crippen molar-refractivity contribution in [1.82, 2.24) is 35.0 Å². The number of sulfonamides is 1. The summed E-state index contributed by atoms with van der Waals surface area (Å²) in [7, 11) is 7.73. The average Bonchev–Trinajstić information content (AvgIpc) is 3.89. The van der Waals surface area contributed by atoms with Gasteiger partial charge in [-0.15, -0.1) is 0 Å². The van der Waals surface area contributed by atoms with Gasteiger partial charge in [0.25, 0.3) is 5.91 Å². The van der Waals surface area contributed by atoms with Crippen molar-refractivity contribution in [2.24, 2.45) is 22.7 Å². The number of halogens is 5. The second-order valence-electron chi connectivity index (χ2n) is 20.2. The summed E-state index contributed by atoms with van der Waals surface area (Å²) in [6.07, 6.45) is -1.10. The first-order valence-electron chi connectivity index (χ1n) is 26.1. The average molecular weight is 1150 g/mol. The van der Waals surface area contributed by atoms with Gasteiger partial charge in [0.1, 0.15) is 12.1 Å². The van der Waals surface area contributed by atoms with E-state index in [4.69, 9.17) is 19.2 Å². The molecule has 0 spiro atoms. The lowest BCUT2D eigenvalue weighted by atomic mass is 9.89. The van der Waals surface area contributed by atoms with Crippen molar-refractivity contribution < 1.29 is 78.1 Å². The zero-order chi connectivity index (χ0) is 59.5. The molecule has 26 heteroatoms. The van der Waals surface area contributed by atoms with Crippen molar-refractivity contribution in [3.05, 3.63) is 65.0 Å². The fraction of sp³-hybridized carbons (Fsp3) is 0.642. The zero-order valence-electron chi connectivity index (χ0n) is 47.2. The van der Waals surface area contributed by atoms with E-state index in [9.17, 15) is 59.1 Å². The first-order valence-corrected chi connectivity index (χ1v) is 27.8. The van der Waals surface area contributed by atoms with Gasteiger partial charge in [-0.25, -0.2) is 26.6 Å². The molecule has 2 aromatic rings. The molecule has 1 aliphatic heterocycles. The normalized spacial score (nSPS) is 16.2. The van der Waals surface area contributed by atoms with E-state index in [-0.39, 0.29) is 62.5 Å². The molecule has 3 N–H and O–H groups in total. The maximum atomic E-state index is 14.4. The highest BCUT2D eigenvalue weighted by atomic mass is 32.2. The van der Waals surface area contributed by atoms with Gasteiger partial charge >= 0.3 is 5.97 Å². The first-order chi connectivity index (χ1) is 37.1. The van der Waals surface area contributed by atoms with Crippen LogP contribution in [0.4, 0.5) is 22.0 Å². The number of aliphatic imine (C=N–C) groups is 1. The van der Waals surface area contributed by atoms with Gasteiger partial charge < -0.3 is 49.2 Å². The molecule has 0 aromatic heterocycles. The minimum Gasteiger partial charge on any atom is -0.420 e. The molecule has 0 bridgehead atoms. The van der Waals surface area contributed by atoms with E-state index in [0.29, 0.717) is 37.3 Å². The summed E-state index contributed by atoms with van der Waals surface area (Å²) < 4.78 is 117. The number of amides is 5. The van der Waals surface area contributed by atoms with E-state index in [1.807, 2.05) is 70.4 Å². The van der Waals surface area contributed by atoms with Crippen LogP contribution in [0.2, 0.25) is 0 Å². The van der Waals surface area contributed by atoms with E-state index < -0.39 is 130 Å². The van der Waals surface area contributed by atoms with Crippen LogP contribution < -0.4 is 20.1 Å². The molecule has 0 saturated carbocycles. The molecule has 444 valence electrons. The summed E-state index contributed by atoms with van der Waals surface area (Å²) in [5.41, 5.74) is 0.606. The molecule has 5 amide bonds. The molecule has 79 heavy (non-hydrogen) atoms. The first kappa shape index (κ1) is 67.3. The summed E-state index contributed by atoms with van der Waals surface area (Å²) in [5.74, 6) is -18.8. The SMILES string of the molecule is CC[C@H](C)[C@@H]([C@@H](CC(=O)N1CCC[C@H]1[C@H](OC)[C@@H](C)C(=O)N[C@@H](Cc1ccccc1)C(=O)NS(=O)(=O)CCCNC(=O)CCOCCC(=O)Oc1c(F)c(F)c(F)c(F)c1F)OC)N(C)C(=O)[C@@H](N=C(N(C)C)N(C)C)C(C)C. The van der Waals surface area contributed by atoms with E-state index >= 15 is 0 Å². The molecule has 1 aliphatic rings. The van der Waals surface area contributed by atoms with Crippen LogP contribution in [0.1, 0.15) is 85.1 Å². The van der Waals surface area contributed by atoms with Crippen molar-refractivity contribution in [2.75, 3.05) is 81.5 Å². The Bertz CT molecular complexity index is 2490. The second kappa shape index (κ2) is 31.7.